The van der Waals surface area contributed by atoms with Crippen LogP contribution in [0.15, 0.2) is 61.3 Å². The molecular weight excluding hydrogens is 246 g/mol. The van der Waals surface area contributed by atoms with Gasteiger partial charge in [0.05, 0.1) is 0 Å². The number of hydrogen-bond acceptors (Lipinski definition) is 0. The van der Waals surface area contributed by atoms with Crippen molar-refractivity contribution in [1.82, 2.24) is 13.7 Å². The van der Waals surface area contributed by atoms with Crippen LogP contribution in [0.3, 0.4) is 0 Å². The molecule has 3 rings (SSSR count). The van der Waals surface area contributed by atoms with Crippen molar-refractivity contribution >= 4 is 0 Å². The fourth-order valence-electron chi connectivity index (χ4n) is 1.61. The lowest BCUT2D eigenvalue weighted by atomic mass is 10.4. The summed E-state index contributed by atoms with van der Waals surface area (Å²) in [6.45, 7) is 4.17. The zero-order valence-electron chi connectivity index (χ0n) is 13.1. The third-order valence-corrected chi connectivity index (χ3v) is 2.94. The molecule has 0 saturated heterocycles. The molecule has 0 spiro atoms. The van der Waals surface area contributed by atoms with Crippen molar-refractivity contribution in [3.05, 3.63) is 72.6 Å². The molecule has 20 heavy (non-hydrogen) atoms. The van der Waals surface area contributed by atoms with Crippen LogP contribution in [-0.2, 0) is 21.1 Å². The summed E-state index contributed by atoms with van der Waals surface area (Å²) >= 11 is 0. The molecule has 0 atom stereocenters. The molecule has 0 aromatic carbocycles. The average Bonchev–Trinajstić information content (AvgIpc) is 3.09. The smallest absolute Gasteiger partial charge is 0.0140 e. The second kappa shape index (κ2) is 8.10. The van der Waals surface area contributed by atoms with Gasteiger partial charge < -0.3 is 13.7 Å². The molecule has 0 radical (unpaired) electrons. The van der Waals surface area contributed by atoms with Crippen LogP contribution in [0.1, 0.15) is 11.3 Å². The molecule has 0 N–H and O–H groups in total. The van der Waals surface area contributed by atoms with Gasteiger partial charge in [0.1, 0.15) is 0 Å². The van der Waals surface area contributed by atoms with E-state index in [1.807, 2.05) is 73.3 Å². The van der Waals surface area contributed by atoms with E-state index in [1.54, 1.807) is 0 Å². The third-order valence-electron chi connectivity index (χ3n) is 2.94. The van der Waals surface area contributed by atoms with Gasteiger partial charge in [-0.2, -0.15) is 0 Å². The van der Waals surface area contributed by atoms with Crippen molar-refractivity contribution < 1.29 is 0 Å². The number of rotatable bonds is 0. The van der Waals surface area contributed by atoms with Gasteiger partial charge in [0, 0.05) is 57.8 Å². The molecule has 0 aliphatic rings. The maximum atomic E-state index is 2.08. The van der Waals surface area contributed by atoms with Gasteiger partial charge >= 0.3 is 0 Å². The highest BCUT2D eigenvalue weighted by atomic mass is 14.9. The fourth-order valence-corrected chi connectivity index (χ4v) is 1.61. The highest BCUT2D eigenvalue weighted by Crippen LogP contribution is 1.94. The van der Waals surface area contributed by atoms with Gasteiger partial charge in [-0.15, -0.1) is 0 Å². The molecule has 0 saturated carbocycles. The molecule has 3 aromatic rings. The van der Waals surface area contributed by atoms with Crippen LogP contribution >= 0.6 is 0 Å². The van der Waals surface area contributed by atoms with Crippen LogP contribution in [0.5, 0.6) is 0 Å². The van der Waals surface area contributed by atoms with E-state index in [0.29, 0.717) is 0 Å². The highest BCUT2D eigenvalue weighted by Gasteiger charge is 1.82. The van der Waals surface area contributed by atoms with Gasteiger partial charge in [-0.3, -0.25) is 0 Å². The van der Waals surface area contributed by atoms with Crippen LogP contribution in [0.2, 0.25) is 0 Å². The molecule has 3 heterocycles. The van der Waals surface area contributed by atoms with E-state index in [0.717, 1.165) is 0 Å². The summed E-state index contributed by atoms with van der Waals surface area (Å²) in [5, 5.41) is 0. The molecule has 3 heteroatoms. The second-order valence-electron chi connectivity index (χ2n) is 4.96. The first kappa shape index (κ1) is 15.9. The average molecular weight is 271 g/mol. The predicted molar refractivity (Wildman–Crippen MR) is 85.7 cm³/mol. The van der Waals surface area contributed by atoms with Gasteiger partial charge in [-0.05, 0) is 49.7 Å². The Hall–Kier alpha value is -2.16. The molecule has 0 aliphatic carbocycles. The van der Waals surface area contributed by atoms with Crippen molar-refractivity contribution in [1.29, 1.82) is 0 Å². The summed E-state index contributed by atoms with van der Waals surface area (Å²) in [5.41, 5.74) is 2.63. The first-order valence-electron chi connectivity index (χ1n) is 6.72. The summed E-state index contributed by atoms with van der Waals surface area (Å²) in [7, 11) is 6.06. The Balaban J connectivity index is 0.000000151. The Labute approximate surface area is 122 Å². The predicted octanol–water partition coefficient (Wildman–Crippen LogP) is 3.69. The summed E-state index contributed by atoms with van der Waals surface area (Å²) in [4.78, 5) is 0. The number of aromatic nitrogens is 3. The minimum absolute atomic E-state index is 1.31. The Morgan fingerprint density at radius 2 is 1.35 bits per heavy atom. The molecule has 108 valence electrons. The quantitative estimate of drug-likeness (QED) is 0.592. The zero-order chi connectivity index (χ0) is 15.0. The van der Waals surface area contributed by atoms with E-state index >= 15 is 0 Å². The Morgan fingerprint density at radius 3 is 1.50 bits per heavy atom. The monoisotopic (exact) mass is 271 g/mol. The molecule has 0 aliphatic heterocycles. The van der Waals surface area contributed by atoms with Crippen molar-refractivity contribution in [3.63, 3.8) is 0 Å². The van der Waals surface area contributed by atoms with Crippen LogP contribution in [0.25, 0.3) is 0 Å². The van der Waals surface area contributed by atoms with Gasteiger partial charge in [0.15, 0.2) is 0 Å². The largest absolute Gasteiger partial charge is 0.357 e. The van der Waals surface area contributed by atoms with Gasteiger partial charge in [0.2, 0.25) is 0 Å². The molecule has 0 fully saturated rings. The molecule has 3 nitrogen and oxygen atoms in total. The van der Waals surface area contributed by atoms with E-state index in [4.69, 9.17) is 0 Å². The summed E-state index contributed by atoms with van der Waals surface area (Å²) in [6.07, 6.45) is 10.2. The summed E-state index contributed by atoms with van der Waals surface area (Å²) in [5.74, 6) is 0. The second-order valence-corrected chi connectivity index (χ2v) is 4.96. The van der Waals surface area contributed by atoms with E-state index in [1.165, 1.54) is 11.3 Å². The lowest BCUT2D eigenvalue weighted by Crippen LogP contribution is -1.84. The summed E-state index contributed by atoms with van der Waals surface area (Å²) < 4.78 is 6.12. The number of nitrogens with zero attached hydrogens (tertiary/aromatic N) is 3. The van der Waals surface area contributed by atoms with Gasteiger partial charge in [-0.1, -0.05) is 0 Å². The number of hydrogen-bond donors (Lipinski definition) is 0. The normalized spacial score (nSPS) is 9.25. The highest BCUT2D eigenvalue weighted by molar-refractivity contribution is 5.06. The topological polar surface area (TPSA) is 14.8 Å². The van der Waals surface area contributed by atoms with Crippen LogP contribution in [-0.4, -0.2) is 13.7 Å². The minimum atomic E-state index is 1.31. The Morgan fingerprint density at radius 1 is 0.700 bits per heavy atom. The first-order chi connectivity index (χ1) is 9.49. The molecule has 0 bridgehead atoms. The van der Waals surface area contributed by atoms with E-state index in [2.05, 4.69) is 36.7 Å². The fraction of sp³-hybridized carbons (Fsp3) is 0.294. The van der Waals surface area contributed by atoms with Crippen molar-refractivity contribution in [2.75, 3.05) is 0 Å². The Bertz CT molecular complexity index is 552. The van der Waals surface area contributed by atoms with Crippen molar-refractivity contribution in [2.24, 2.45) is 21.1 Å². The molecular formula is C17H25N3. The van der Waals surface area contributed by atoms with E-state index in [9.17, 15) is 0 Å². The first-order valence-corrected chi connectivity index (χ1v) is 6.72. The van der Waals surface area contributed by atoms with Crippen molar-refractivity contribution in [3.8, 4) is 0 Å². The van der Waals surface area contributed by atoms with Gasteiger partial charge in [-0.25, -0.2) is 0 Å². The maximum Gasteiger partial charge on any atom is 0.0140 e. The van der Waals surface area contributed by atoms with Crippen LogP contribution in [0.4, 0.5) is 0 Å². The lowest BCUT2D eigenvalue weighted by Gasteiger charge is -1.89. The molecule has 3 aromatic heterocycles. The zero-order valence-corrected chi connectivity index (χ0v) is 13.1. The SMILES string of the molecule is Cc1cccn1C.Cc1ccn(C)c1.Cn1cccc1. The van der Waals surface area contributed by atoms with Crippen LogP contribution < -0.4 is 0 Å². The third kappa shape index (κ3) is 6.14. The molecule has 0 amide bonds. The van der Waals surface area contributed by atoms with E-state index < -0.39 is 0 Å². The summed E-state index contributed by atoms with van der Waals surface area (Å²) in [6, 6.07) is 10.2. The minimum Gasteiger partial charge on any atom is -0.357 e. The molecule has 0 unspecified atom stereocenters. The van der Waals surface area contributed by atoms with Crippen LogP contribution in [0, 0.1) is 13.8 Å². The Kier molecular flexibility index (Phi) is 6.44. The van der Waals surface area contributed by atoms with Gasteiger partial charge in [0.25, 0.3) is 0 Å². The van der Waals surface area contributed by atoms with Crippen molar-refractivity contribution in [2.45, 2.75) is 13.8 Å². The number of aryl methyl sites for hydroxylation is 5. The standard InChI is InChI=1S/2C6H9N.C5H7N/c1-6-3-4-7(2)5-6;1-6-4-3-5-7(6)2;1-6-4-2-3-5-6/h2*3-5H,1-2H3;2-5H,1H3. The lowest BCUT2D eigenvalue weighted by molar-refractivity contribution is 0.882. The van der Waals surface area contributed by atoms with E-state index in [-0.39, 0.29) is 0 Å². The maximum absolute atomic E-state index is 2.08.